The highest BCUT2D eigenvalue weighted by Crippen LogP contribution is 2.38. The molecular weight excluding hydrogens is 517 g/mol. The Kier molecular flexibility index (Phi) is 13.2. The van der Waals surface area contributed by atoms with Gasteiger partial charge >= 0.3 is 6.18 Å². The van der Waals surface area contributed by atoms with Crippen molar-refractivity contribution in [3.05, 3.63) is 82.7 Å². The third-order valence-corrected chi connectivity index (χ3v) is 6.78. The number of nitrogens with one attached hydrogen (secondary N) is 1. The zero-order valence-electron chi connectivity index (χ0n) is 22.6. The van der Waals surface area contributed by atoms with Crippen LogP contribution in [-0.4, -0.2) is 38.2 Å². The lowest BCUT2D eigenvalue weighted by Gasteiger charge is -2.19. The van der Waals surface area contributed by atoms with Crippen molar-refractivity contribution in [2.75, 3.05) is 32.5 Å². The van der Waals surface area contributed by atoms with Crippen LogP contribution in [0, 0.1) is 13.8 Å². The molecule has 1 aromatic heterocycles. The number of benzene rings is 2. The number of halogens is 4. The molecule has 0 amide bonds. The van der Waals surface area contributed by atoms with E-state index in [4.69, 9.17) is 16.3 Å². The maximum Gasteiger partial charge on any atom is 0.419 e. The maximum absolute atomic E-state index is 12.9. The van der Waals surface area contributed by atoms with Crippen molar-refractivity contribution in [1.82, 2.24) is 4.90 Å². The van der Waals surface area contributed by atoms with Gasteiger partial charge in [0.15, 0.2) is 0 Å². The topological polar surface area (TPSA) is 24.5 Å². The van der Waals surface area contributed by atoms with E-state index in [0.29, 0.717) is 12.2 Å². The molecule has 1 saturated heterocycles. The number of fused-ring (bicyclic) bond motifs is 1. The Balaban J connectivity index is 0.000000324. The van der Waals surface area contributed by atoms with E-state index >= 15 is 0 Å². The van der Waals surface area contributed by atoms with Crippen LogP contribution in [0.3, 0.4) is 0 Å². The van der Waals surface area contributed by atoms with Gasteiger partial charge in [0.05, 0.1) is 5.56 Å². The Morgan fingerprint density at radius 3 is 2.27 bits per heavy atom. The van der Waals surface area contributed by atoms with Crippen LogP contribution < -0.4 is 10.1 Å². The molecular formula is C29H38ClF3N2OS. The van der Waals surface area contributed by atoms with Crippen LogP contribution in [0.5, 0.6) is 5.75 Å². The summed E-state index contributed by atoms with van der Waals surface area (Å²) in [4.78, 5) is 3.42. The van der Waals surface area contributed by atoms with Gasteiger partial charge in [-0.15, -0.1) is 31.1 Å². The second kappa shape index (κ2) is 15.1. The lowest BCUT2D eigenvalue weighted by Crippen LogP contribution is -2.22. The molecule has 1 aliphatic heterocycles. The van der Waals surface area contributed by atoms with Gasteiger partial charge in [-0.3, -0.25) is 0 Å². The molecule has 1 N–H and O–H groups in total. The quantitative estimate of drug-likeness (QED) is 0.326. The van der Waals surface area contributed by atoms with Crippen LogP contribution in [0.15, 0.2) is 61.7 Å². The highest BCUT2D eigenvalue weighted by atomic mass is 35.5. The van der Waals surface area contributed by atoms with Gasteiger partial charge in [0, 0.05) is 46.5 Å². The van der Waals surface area contributed by atoms with E-state index in [1.54, 1.807) is 7.05 Å². The highest BCUT2D eigenvalue weighted by Gasteiger charge is 2.35. The molecule has 1 aliphatic rings. The Morgan fingerprint density at radius 2 is 1.76 bits per heavy atom. The van der Waals surface area contributed by atoms with Gasteiger partial charge in [-0.1, -0.05) is 17.2 Å². The summed E-state index contributed by atoms with van der Waals surface area (Å²) < 4.78 is 45.6. The summed E-state index contributed by atoms with van der Waals surface area (Å²) in [6, 6.07) is 9.93. The summed E-state index contributed by atoms with van der Waals surface area (Å²) in [6.45, 7) is 19.3. The number of nitrogens with zero attached hydrogens (tertiary/aromatic N) is 1. The molecule has 3 nitrogen and oxygen atoms in total. The smallest absolute Gasteiger partial charge is 0.419 e. The Bertz CT molecular complexity index is 1160. The van der Waals surface area contributed by atoms with E-state index in [9.17, 15) is 13.2 Å². The first kappa shape index (κ1) is 32.5. The predicted octanol–water partition coefficient (Wildman–Crippen LogP) is 9.39. The van der Waals surface area contributed by atoms with Crippen LogP contribution in [0.25, 0.3) is 10.1 Å². The van der Waals surface area contributed by atoms with Crippen molar-refractivity contribution in [3.63, 3.8) is 0 Å². The van der Waals surface area contributed by atoms with Crippen LogP contribution in [0.2, 0.25) is 5.02 Å². The molecule has 0 spiro atoms. The number of aryl methyl sites for hydroxylation is 2. The first-order valence-electron chi connectivity index (χ1n) is 11.8. The SMILES string of the molecule is C=C.C=C(C)C.CNc1ccc(C(F)(F)F)c(OC2CCN(C)C2)c1.Cc1sc2ccc(Cl)cc2c1C. The van der Waals surface area contributed by atoms with Crippen LogP contribution in [0.1, 0.15) is 36.3 Å². The van der Waals surface area contributed by atoms with Crippen molar-refractivity contribution < 1.29 is 17.9 Å². The summed E-state index contributed by atoms with van der Waals surface area (Å²) in [5, 5.41) is 4.94. The number of likely N-dealkylation sites (tertiary alicyclic amines) is 1. The van der Waals surface area contributed by atoms with Crippen LogP contribution in [-0.2, 0) is 6.18 Å². The Labute approximate surface area is 228 Å². The molecule has 0 aliphatic carbocycles. The summed E-state index contributed by atoms with van der Waals surface area (Å²) in [7, 11) is 3.59. The fraction of sp³-hybridized carbons (Fsp3) is 0.379. The van der Waals surface area contributed by atoms with Crippen molar-refractivity contribution in [3.8, 4) is 5.75 Å². The molecule has 0 saturated carbocycles. The van der Waals surface area contributed by atoms with Crippen molar-refractivity contribution in [1.29, 1.82) is 0 Å². The molecule has 1 atom stereocenters. The largest absolute Gasteiger partial charge is 0.488 e. The zero-order chi connectivity index (χ0) is 28.3. The molecule has 204 valence electrons. The Morgan fingerprint density at radius 1 is 1.14 bits per heavy atom. The molecule has 8 heteroatoms. The molecule has 2 heterocycles. The van der Waals surface area contributed by atoms with Gasteiger partial charge in [-0.2, -0.15) is 13.2 Å². The van der Waals surface area contributed by atoms with E-state index < -0.39 is 11.7 Å². The number of likely N-dealkylation sites (N-methyl/N-ethyl adjacent to an activating group) is 1. The number of thiophene rings is 1. The number of anilines is 1. The van der Waals surface area contributed by atoms with E-state index in [1.807, 2.05) is 49.3 Å². The molecule has 2 aromatic carbocycles. The van der Waals surface area contributed by atoms with E-state index in [2.05, 4.69) is 45.0 Å². The molecule has 1 unspecified atom stereocenters. The first-order valence-corrected chi connectivity index (χ1v) is 13.0. The predicted molar refractivity (Wildman–Crippen MR) is 156 cm³/mol. The Hall–Kier alpha value is -2.48. The van der Waals surface area contributed by atoms with Crippen molar-refractivity contribution in [2.24, 2.45) is 0 Å². The third-order valence-electron chi connectivity index (χ3n) is 5.35. The van der Waals surface area contributed by atoms with Crippen molar-refractivity contribution >= 4 is 38.7 Å². The van der Waals surface area contributed by atoms with Crippen LogP contribution >= 0.6 is 22.9 Å². The van der Waals surface area contributed by atoms with Gasteiger partial charge < -0.3 is 15.0 Å². The lowest BCUT2D eigenvalue weighted by atomic mass is 10.1. The third kappa shape index (κ3) is 10.4. The summed E-state index contributed by atoms with van der Waals surface area (Å²) in [5.41, 5.74) is 2.41. The average Bonchev–Trinajstić information content (AvgIpc) is 3.36. The minimum Gasteiger partial charge on any atom is -0.488 e. The highest BCUT2D eigenvalue weighted by molar-refractivity contribution is 7.19. The normalized spacial score (nSPS) is 14.9. The van der Waals surface area contributed by atoms with Crippen LogP contribution in [0.4, 0.5) is 18.9 Å². The molecule has 4 rings (SSSR count). The fourth-order valence-corrected chi connectivity index (χ4v) is 4.72. The van der Waals surface area contributed by atoms with Gasteiger partial charge in [-0.25, -0.2) is 0 Å². The monoisotopic (exact) mass is 554 g/mol. The summed E-state index contributed by atoms with van der Waals surface area (Å²) >= 11 is 7.73. The van der Waals surface area contributed by atoms with E-state index in [1.165, 1.54) is 38.2 Å². The summed E-state index contributed by atoms with van der Waals surface area (Å²) in [5.74, 6) is -0.0975. The number of hydrogen-bond acceptors (Lipinski definition) is 4. The second-order valence-electron chi connectivity index (χ2n) is 8.88. The lowest BCUT2D eigenvalue weighted by molar-refractivity contribution is -0.139. The molecule has 1 fully saturated rings. The maximum atomic E-state index is 12.9. The molecule has 0 radical (unpaired) electrons. The van der Waals surface area contributed by atoms with E-state index in [0.717, 1.165) is 24.1 Å². The summed E-state index contributed by atoms with van der Waals surface area (Å²) in [6.07, 6.45) is -3.83. The minimum absolute atomic E-state index is 0.0975. The number of allylic oxidation sites excluding steroid dienone is 1. The second-order valence-corrected chi connectivity index (χ2v) is 10.6. The van der Waals surface area contributed by atoms with Crippen molar-refractivity contribution in [2.45, 2.75) is 46.4 Å². The number of alkyl halides is 3. The van der Waals surface area contributed by atoms with Gasteiger partial charge in [0.2, 0.25) is 0 Å². The number of rotatable bonds is 3. The van der Waals surface area contributed by atoms with E-state index in [-0.39, 0.29) is 11.9 Å². The van der Waals surface area contributed by atoms with Gasteiger partial charge in [0.25, 0.3) is 0 Å². The number of ether oxygens (including phenoxy) is 1. The molecule has 37 heavy (non-hydrogen) atoms. The molecule has 0 bridgehead atoms. The molecule has 3 aromatic rings. The zero-order valence-corrected chi connectivity index (χ0v) is 24.1. The number of hydrogen-bond donors (Lipinski definition) is 1. The first-order chi connectivity index (χ1) is 17.3. The standard InChI is InChI=1S/C13H17F3N2O.C10H9ClS.C4H8.C2H4/c1-17-9-3-4-11(13(14,15)16)12(7-9)19-10-5-6-18(2)8-10;1-6-7(2)12-10-4-3-8(11)5-9(6)10;1-4(2)3;1-2/h3-4,7,10,17H,5-6,8H2,1-2H3;3-5H,1-2H3;1H2,2-3H3;1-2H2. The van der Waals surface area contributed by atoms with Gasteiger partial charge in [0.1, 0.15) is 11.9 Å². The fourth-order valence-electron chi connectivity index (χ4n) is 3.50. The van der Waals surface area contributed by atoms with Gasteiger partial charge in [-0.05, 0) is 82.4 Å². The average molecular weight is 555 g/mol. The minimum atomic E-state index is -4.40.